The van der Waals surface area contributed by atoms with Gasteiger partial charge < -0.3 is 35.3 Å². The largest absolute Gasteiger partial charge is 0.595 e. The molecule has 0 heterocycles. The second-order valence-electron chi connectivity index (χ2n) is 14.2. The van der Waals surface area contributed by atoms with Crippen molar-refractivity contribution in [2.24, 2.45) is 28.6 Å². The van der Waals surface area contributed by atoms with E-state index in [1.54, 1.807) is 12.2 Å². The summed E-state index contributed by atoms with van der Waals surface area (Å²) in [4.78, 5) is 63.2. The minimum absolute atomic E-state index is 0.0127. The number of phenolic OH excluding ortho intramolecular Hbond substituents is 1. The Kier molecular flexibility index (Phi) is 10.2. The molecule has 1 amide bonds. The highest BCUT2D eigenvalue weighted by Gasteiger charge is 2.68. The molecule has 3 fully saturated rings. The Balaban J connectivity index is 1.16. The van der Waals surface area contributed by atoms with Crippen molar-refractivity contribution in [3.05, 3.63) is 52.8 Å². The molecule has 1 aromatic rings. The lowest BCUT2D eigenvalue weighted by Crippen LogP contribution is -2.99. The maximum Gasteiger partial charge on any atom is 0.328 e. The Hall–Kier alpha value is -3.95. The van der Waals surface area contributed by atoms with Crippen LogP contribution in [0.15, 0.2) is 42.0 Å². The number of aliphatic hydroxyl groups excluding tert-OH is 1. The second kappa shape index (κ2) is 13.8. The van der Waals surface area contributed by atoms with Crippen molar-refractivity contribution in [1.82, 2.24) is 5.32 Å². The number of ketones is 2. The molecule has 0 bridgehead atoms. The lowest BCUT2D eigenvalue weighted by atomic mass is 9.46. The number of aromatic hydroxyl groups is 1. The zero-order valence-electron chi connectivity index (χ0n) is 27.8. The third kappa shape index (κ3) is 6.67. The lowest BCUT2D eigenvalue weighted by Gasteiger charge is -2.59. The topological polar surface area (TPSA) is 224 Å². The van der Waals surface area contributed by atoms with Gasteiger partial charge in [0, 0.05) is 35.7 Å². The number of fused-ring (bicyclic) bond motifs is 5. The number of hydrogen-bond donors (Lipinski definition) is 6. The predicted octanol–water partition coefficient (Wildman–Crippen LogP) is 0.898. The molecule has 4 aliphatic carbocycles. The average Bonchev–Trinajstić information content (AvgIpc) is 3.33. The lowest BCUT2D eigenvalue weighted by molar-refractivity contribution is -0.991. The Morgan fingerprint density at radius 1 is 1.16 bits per heavy atom. The summed E-state index contributed by atoms with van der Waals surface area (Å²) < 4.78 is 9.94. The summed E-state index contributed by atoms with van der Waals surface area (Å²) in [6, 6.07) is 2.50. The van der Waals surface area contributed by atoms with Gasteiger partial charge >= 0.3 is 11.9 Å². The van der Waals surface area contributed by atoms with Crippen molar-refractivity contribution < 1.29 is 59.2 Å². The number of aliphatic hydroxyl groups is 2. The average molecular weight is 685 g/mol. The van der Waals surface area contributed by atoms with Crippen LogP contribution in [-0.2, 0) is 39.9 Å². The van der Waals surface area contributed by atoms with Crippen LogP contribution in [0.5, 0.6) is 5.75 Å². The summed E-state index contributed by atoms with van der Waals surface area (Å²) >= 11 is 0. The Labute approximate surface area is 283 Å². The number of carbonyl (C=O) groups excluding carboxylic acids is 5. The van der Waals surface area contributed by atoms with Crippen LogP contribution in [-0.4, -0.2) is 81.4 Å². The third-order valence-corrected chi connectivity index (χ3v) is 11.6. The molecule has 49 heavy (non-hydrogen) atoms. The number of rotatable bonds is 11. The molecule has 9 atom stereocenters. The van der Waals surface area contributed by atoms with E-state index in [0.29, 0.717) is 18.4 Å². The summed E-state index contributed by atoms with van der Waals surface area (Å²) in [6.07, 6.45) is 5.58. The first-order chi connectivity index (χ1) is 23.0. The van der Waals surface area contributed by atoms with E-state index >= 15 is 0 Å². The predicted molar refractivity (Wildman–Crippen MR) is 170 cm³/mol. The molecule has 0 aliphatic heterocycles. The molecule has 0 aromatic heterocycles. The molecular weight excluding hydrogens is 640 g/mol. The van der Waals surface area contributed by atoms with Crippen LogP contribution in [0.2, 0.25) is 0 Å². The van der Waals surface area contributed by atoms with Crippen LogP contribution < -0.4 is 10.5 Å². The zero-order chi connectivity index (χ0) is 35.9. The summed E-state index contributed by atoms with van der Waals surface area (Å²) in [5.74, 6) is -3.81. The number of carbonyl (C=O) groups is 5. The smallest absolute Gasteiger partial charge is 0.328 e. The molecule has 5 rings (SSSR count). The molecule has 0 radical (unpaired) electrons. The molecule has 14 heteroatoms. The van der Waals surface area contributed by atoms with E-state index in [1.165, 1.54) is 12.1 Å². The van der Waals surface area contributed by atoms with Crippen LogP contribution in [0.3, 0.4) is 0 Å². The fraction of sp³-hybridized carbons (Fsp3) is 0.571. The first kappa shape index (κ1) is 36.3. The van der Waals surface area contributed by atoms with Crippen molar-refractivity contribution in [2.45, 2.75) is 83.0 Å². The van der Waals surface area contributed by atoms with Crippen molar-refractivity contribution in [3.63, 3.8) is 0 Å². The molecule has 0 spiro atoms. The molecule has 1 unspecified atom stereocenters. The van der Waals surface area contributed by atoms with E-state index in [2.05, 4.69) is 5.32 Å². The Morgan fingerprint density at radius 2 is 1.90 bits per heavy atom. The van der Waals surface area contributed by atoms with Gasteiger partial charge in [-0.2, -0.15) is 5.23 Å². The van der Waals surface area contributed by atoms with Gasteiger partial charge in [0.1, 0.15) is 11.6 Å². The van der Waals surface area contributed by atoms with Gasteiger partial charge in [0.25, 0.3) is 0 Å². The number of allylic oxidation sites excluding steroid dienone is 4. The number of quaternary nitrogens is 1. The standard InChI is InChI=1S/C35H44N2O12/c1-33-12-10-21(38)16-20(33)5-6-22-23-11-13-35(45,34(23,2)17-27(40)31(22)33)28(41)18-49-30(43)9-8-29(42)36-24(32(44)48-3)14-19-4-7-26(39)25(15-19)37(46)47/h4,7,10,12,15-16,22-24,27,31,37,39-40,45-46H,5-6,8-9,11,13-14,17-18H2,1-3H3,(H,36,42)/t22-,23-,24-,27-,31-,33-,34-,35-/m0/s1. The molecule has 0 saturated heterocycles. The third-order valence-electron chi connectivity index (χ3n) is 11.6. The maximum atomic E-state index is 13.5. The number of nitrogens with one attached hydrogen (secondary N) is 2. The molecule has 266 valence electrons. The van der Waals surface area contributed by atoms with Crippen molar-refractivity contribution >= 4 is 35.1 Å². The number of esters is 2. The van der Waals surface area contributed by atoms with Crippen LogP contribution in [0, 0.1) is 33.8 Å². The van der Waals surface area contributed by atoms with E-state index in [0.717, 1.165) is 25.2 Å². The van der Waals surface area contributed by atoms with Gasteiger partial charge in [0.2, 0.25) is 17.4 Å². The first-order valence-electron chi connectivity index (χ1n) is 16.5. The van der Waals surface area contributed by atoms with E-state index in [9.17, 15) is 49.7 Å². The summed E-state index contributed by atoms with van der Waals surface area (Å²) in [7, 11) is 1.11. The van der Waals surface area contributed by atoms with Gasteiger partial charge in [0.15, 0.2) is 18.1 Å². The van der Waals surface area contributed by atoms with E-state index in [-0.39, 0.29) is 48.5 Å². The minimum atomic E-state index is -1.83. The van der Waals surface area contributed by atoms with Crippen LogP contribution in [0.1, 0.15) is 64.4 Å². The summed E-state index contributed by atoms with van der Waals surface area (Å²) in [5, 5.41) is 54.8. The van der Waals surface area contributed by atoms with E-state index in [1.807, 2.05) is 19.9 Å². The highest BCUT2D eigenvalue weighted by atomic mass is 16.8. The fourth-order valence-corrected chi connectivity index (χ4v) is 9.06. The van der Waals surface area contributed by atoms with Gasteiger partial charge in [-0.05, 0) is 67.7 Å². The molecule has 1 aromatic carbocycles. The Bertz CT molecular complexity index is 1590. The summed E-state index contributed by atoms with van der Waals surface area (Å²) in [6.45, 7) is 3.15. The number of hydrogen-bond acceptors (Lipinski definition) is 12. The monoisotopic (exact) mass is 684 g/mol. The van der Waals surface area contributed by atoms with Crippen molar-refractivity contribution in [2.75, 3.05) is 13.7 Å². The van der Waals surface area contributed by atoms with E-state index in [4.69, 9.17) is 9.47 Å². The van der Waals surface area contributed by atoms with Crippen LogP contribution >= 0.6 is 0 Å². The van der Waals surface area contributed by atoms with Crippen LogP contribution in [0.25, 0.3) is 0 Å². The number of benzene rings is 1. The van der Waals surface area contributed by atoms with Gasteiger partial charge in [-0.25, -0.2) is 10.0 Å². The highest BCUT2D eigenvalue weighted by molar-refractivity contribution is 6.01. The Morgan fingerprint density at radius 3 is 2.59 bits per heavy atom. The first-order valence-corrected chi connectivity index (χ1v) is 16.5. The molecular formula is C35H44N2O12. The normalized spacial score (nSPS) is 32.9. The quantitative estimate of drug-likeness (QED) is 0.109. The minimum Gasteiger partial charge on any atom is -0.595 e. The SMILES string of the molecule is COC(=O)[C@H](Cc1ccc(O)c([NH+]([O-])O)c1)NC(=O)CCC(=O)OCC(=O)[C@@]1(O)CC[C@H]2[C@@H]3CCC4=CC(=O)C=C[C@]4(C)[C@@H]3[C@@H](O)C[C@@]21C. The van der Waals surface area contributed by atoms with Gasteiger partial charge in [-0.1, -0.05) is 31.6 Å². The summed E-state index contributed by atoms with van der Waals surface area (Å²) in [5.41, 5.74) is -2.34. The molecule has 4 aliphatic rings. The van der Waals surface area contributed by atoms with Crippen molar-refractivity contribution in [1.29, 1.82) is 0 Å². The number of methoxy groups -OCH3 is 1. The number of ether oxygens (including phenoxy) is 2. The maximum absolute atomic E-state index is 13.5. The second-order valence-corrected chi connectivity index (χ2v) is 14.2. The van der Waals surface area contributed by atoms with Gasteiger partial charge in [-0.3, -0.25) is 19.2 Å². The van der Waals surface area contributed by atoms with Gasteiger partial charge in [-0.15, -0.1) is 0 Å². The molecule has 6 N–H and O–H groups in total. The number of amides is 1. The van der Waals surface area contributed by atoms with Gasteiger partial charge in [0.05, 0.1) is 19.6 Å². The molecule has 14 nitrogen and oxygen atoms in total. The molecule has 3 saturated carbocycles. The number of Topliss-reactive ketones (excluding diaryl/α,β-unsaturated/α-hetero) is 1. The zero-order valence-corrected chi connectivity index (χ0v) is 27.8. The fourth-order valence-electron chi connectivity index (χ4n) is 9.06. The van der Waals surface area contributed by atoms with E-state index < -0.39 is 82.6 Å². The number of phenols is 1. The van der Waals surface area contributed by atoms with Crippen molar-refractivity contribution in [3.8, 4) is 5.75 Å². The van der Waals surface area contributed by atoms with Crippen LogP contribution in [0.4, 0.5) is 5.69 Å². The highest BCUT2D eigenvalue weighted by Crippen LogP contribution is 2.67.